The fourth-order valence-electron chi connectivity index (χ4n) is 7.55. The lowest BCUT2D eigenvalue weighted by molar-refractivity contribution is -0.136. The van der Waals surface area contributed by atoms with E-state index in [0.717, 1.165) is 44.6 Å². The minimum absolute atomic E-state index is 0.0538. The van der Waals surface area contributed by atoms with Gasteiger partial charge in [0.05, 0.1) is 6.04 Å². The zero-order chi connectivity index (χ0) is 30.9. The second kappa shape index (κ2) is 12.6. The molecule has 4 heterocycles. The van der Waals surface area contributed by atoms with Crippen LogP contribution < -0.4 is 5.32 Å². The molecule has 0 aromatic heterocycles. The van der Waals surface area contributed by atoms with Crippen LogP contribution in [0.5, 0.6) is 0 Å². The predicted octanol–water partition coefficient (Wildman–Crippen LogP) is 3.46. The molecule has 4 amide bonds. The average Bonchev–Trinajstić information content (AvgIpc) is 3.41. The topological polar surface area (TPSA) is 93.3 Å². The summed E-state index contributed by atoms with van der Waals surface area (Å²) in [5.41, 5.74) is 4.43. The number of hydrogen-bond donors (Lipinski definition) is 1. The van der Waals surface area contributed by atoms with Crippen LogP contribution in [0, 0.1) is 0 Å². The number of carbonyl (C=O) groups excluding carboxylic acids is 4. The van der Waals surface area contributed by atoms with Gasteiger partial charge in [0.1, 0.15) is 6.04 Å². The Bertz CT molecular complexity index is 1540. The molecule has 4 aliphatic rings. The average molecular weight is 606 g/mol. The molecule has 1 N–H and O–H groups in total. The third kappa shape index (κ3) is 5.90. The normalized spacial score (nSPS) is 21.7. The van der Waals surface area contributed by atoms with Gasteiger partial charge in [0.25, 0.3) is 11.8 Å². The zero-order valence-electron chi connectivity index (χ0n) is 25.4. The van der Waals surface area contributed by atoms with Gasteiger partial charge >= 0.3 is 0 Å². The Hall–Kier alpha value is -4.34. The van der Waals surface area contributed by atoms with E-state index in [-0.39, 0.29) is 30.2 Å². The van der Waals surface area contributed by atoms with Gasteiger partial charge in [0, 0.05) is 69.4 Å². The lowest BCUT2D eigenvalue weighted by atomic mass is 9.95. The molecule has 45 heavy (non-hydrogen) atoms. The maximum atomic E-state index is 13.5. The number of nitrogens with one attached hydrogen (secondary N) is 1. The highest BCUT2D eigenvalue weighted by Gasteiger charge is 2.40. The maximum absolute atomic E-state index is 13.5. The van der Waals surface area contributed by atoms with Crippen molar-refractivity contribution >= 4 is 23.6 Å². The molecule has 232 valence electrons. The van der Waals surface area contributed by atoms with Crippen LogP contribution in [0.4, 0.5) is 0 Å². The Morgan fingerprint density at radius 3 is 2.02 bits per heavy atom. The third-order valence-corrected chi connectivity index (χ3v) is 9.99. The quantitative estimate of drug-likeness (QED) is 0.433. The third-order valence-electron chi connectivity index (χ3n) is 9.99. The molecule has 3 saturated heterocycles. The van der Waals surface area contributed by atoms with E-state index in [1.165, 1.54) is 16.0 Å². The number of fused-ring (bicyclic) bond motifs is 1. The van der Waals surface area contributed by atoms with Crippen molar-refractivity contribution in [2.45, 2.75) is 50.4 Å². The smallest absolute Gasteiger partial charge is 0.255 e. The molecule has 0 radical (unpaired) electrons. The van der Waals surface area contributed by atoms with Crippen molar-refractivity contribution in [1.82, 2.24) is 24.9 Å². The summed E-state index contributed by atoms with van der Waals surface area (Å²) >= 11 is 0. The van der Waals surface area contributed by atoms with Crippen LogP contribution in [0.15, 0.2) is 78.9 Å². The summed E-state index contributed by atoms with van der Waals surface area (Å²) in [7, 11) is 0. The van der Waals surface area contributed by atoms with Crippen molar-refractivity contribution in [2.75, 3.05) is 39.3 Å². The van der Waals surface area contributed by atoms with Crippen molar-refractivity contribution in [2.24, 2.45) is 0 Å². The molecule has 3 aromatic rings. The van der Waals surface area contributed by atoms with Crippen molar-refractivity contribution in [3.63, 3.8) is 0 Å². The number of hydrogen-bond acceptors (Lipinski definition) is 6. The molecule has 7 rings (SSSR count). The second-order valence-corrected chi connectivity index (χ2v) is 12.6. The molecule has 4 aliphatic heterocycles. The fraction of sp³-hybridized carbons (Fsp3) is 0.389. The van der Waals surface area contributed by atoms with Gasteiger partial charge in [0.2, 0.25) is 11.8 Å². The van der Waals surface area contributed by atoms with Crippen LogP contribution in [0.25, 0.3) is 0 Å². The van der Waals surface area contributed by atoms with Crippen molar-refractivity contribution in [3.05, 3.63) is 107 Å². The first-order valence-electron chi connectivity index (χ1n) is 16.1. The molecule has 1 atom stereocenters. The van der Waals surface area contributed by atoms with Gasteiger partial charge in [0.15, 0.2) is 0 Å². The first-order valence-corrected chi connectivity index (χ1v) is 16.1. The number of carbonyl (C=O) groups is 4. The monoisotopic (exact) mass is 605 g/mol. The molecule has 3 fully saturated rings. The fourth-order valence-corrected chi connectivity index (χ4v) is 7.55. The Balaban J connectivity index is 0.946. The largest absolute Gasteiger partial charge is 0.339 e. The summed E-state index contributed by atoms with van der Waals surface area (Å²) in [6.45, 7) is 5.68. The SMILES string of the molecule is O=C1CCC(N2Cc3ccc(C(=O)N4CCC(N5CCN(C(c6ccccc6)c6ccccc6)CC5)CC4)cc3C2=O)C(=O)N1. The van der Waals surface area contributed by atoms with E-state index < -0.39 is 11.9 Å². The van der Waals surface area contributed by atoms with Crippen molar-refractivity contribution in [1.29, 1.82) is 0 Å². The Labute approximate surface area is 263 Å². The molecule has 3 aromatic carbocycles. The second-order valence-electron chi connectivity index (χ2n) is 12.6. The first kappa shape index (κ1) is 29.4. The van der Waals surface area contributed by atoms with Gasteiger partial charge in [-0.15, -0.1) is 0 Å². The van der Waals surface area contributed by atoms with E-state index >= 15 is 0 Å². The summed E-state index contributed by atoms with van der Waals surface area (Å²) in [5.74, 6) is -1.05. The van der Waals surface area contributed by atoms with E-state index in [2.05, 4.69) is 75.8 Å². The number of rotatable bonds is 6. The van der Waals surface area contributed by atoms with Crippen LogP contribution in [0.2, 0.25) is 0 Å². The summed E-state index contributed by atoms with van der Waals surface area (Å²) in [6, 6.07) is 26.9. The molecule has 0 aliphatic carbocycles. The van der Waals surface area contributed by atoms with Crippen LogP contribution in [-0.4, -0.2) is 94.6 Å². The van der Waals surface area contributed by atoms with Crippen LogP contribution in [0.3, 0.4) is 0 Å². The van der Waals surface area contributed by atoms with E-state index in [1.54, 1.807) is 12.1 Å². The van der Waals surface area contributed by atoms with E-state index in [0.29, 0.717) is 43.2 Å². The summed E-state index contributed by atoms with van der Waals surface area (Å²) < 4.78 is 0. The molecule has 0 bridgehead atoms. The van der Waals surface area contributed by atoms with Crippen LogP contribution in [-0.2, 0) is 16.1 Å². The molecular weight excluding hydrogens is 566 g/mol. The van der Waals surface area contributed by atoms with Gasteiger partial charge in [-0.1, -0.05) is 66.7 Å². The highest BCUT2D eigenvalue weighted by molar-refractivity contribution is 6.06. The van der Waals surface area contributed by atoms with Gasteiger partial charge in [-0.3, -0.25) is 34.3 Å². The lowest BCUT2D eigenvalue weighted by Crippen LogP contribution is -2.54. The van der Waals surface area contributed by atoms with Crippen LogP contribution in [0.1, 0.15) is 69.1 Å². The molecule has 9 nitrogen and oxygen atoms in total. The van der Waals surface area contributed by atoms with Gasteiger partial charge in [-0.2, -0.15) is 0 Å². The number of amides is 4. The minimum atomic E-state index is -0.662. The number of piperazine rings is 1. The summed E-state index contributed by atoms with van der Waals surface area (Å²) in [4.78, 5) is 59.3. The molecule has 0 saturated carbocycles. The number of piperidine rings is 2. The highest BCUT2D eigenvalue weighted by Crippen LogP contribution is 2.32. The first-order chi connectivity index (χ1) is 22.0. The number of imide groups is 1. The van der Waals surface area contributed by atoms with E-state index in [4.69, 9.17) is 0 Å². The van der Waals surface area contributed by atoms with E-state index in [9.17, 15) is 19.2 Å². The Morgan fingerprint density at radius 2 is 1.40 bits per heavy atom. The standard InChI is InChI=1S/C36H39N5O4/c42-32-14-13-31(34(43)37-32)41-24-28-12-11-27(23-30(28)36(41)45)35(44)40-17-15-29(16-18-40)38-19-21-39(22-20-38)33(25-7-3-1-4-8-25)26-9-5-2-6-10-26/h1-12,23,29,31,33H,13-22,24H2,(H,37,42,43). The number of likely N-dealkylation sites (tertiary alicyclic amines) is 1. The van der Waals surface area contributed by atoms with Crippen molar-refractivity contribution < 1.29 is 19.2 Å². The van der Waals surface area contributed by atoms with Gasteiger partial charge < -0.3 is 9.80 Å². The summed E-state index contributed by atoms with van der Waals surface area (Å²) in [6.07, 6.45) is 2.40. The molecular formula is C36H39N5O4. The predicted molar refractivity (Wildman–Crippen MR) is 169 cm³/mol. The number of benzene rings is 3. The highest BCUT2D eigenvalue weighted by atomic mass is 16.2. The Kier molecular flexibility index (Phi) is 8.21. The van der Waals surface area contributed by atoms with Crippen molar-refractivity contribution in [3.8, 4) is 0 Å². The Morgan fingerprint density at radius 1 is 0.756 bits per heavy atom. The van der Waals surface area contributed by atoms with Gasteiger partial charge in [-0.05, 0) is 48.1 Å². The number of nitrogens with zero attached hydrogens (tertiary/aromatic N) is 4. The zero-order valence-corrected chi connectivity index (χ0v) is 25.4. The van der Waals surface area contributed by atoms with E-state index in [1.807, 2.05) is 11.0 Å². The maximum Gasteiger partial charge on any atom is 0.255 e. The van der Waals surface area contributed by atoms with Crippen LogP contribution >= 0.6 is 0 Å². The molecule has 9 heteroatoms. The summed E-state index contributed by atoms with van der Waals surface area (Å²) in [5, 5.41) is 2.34. The van der Waals surface area contributed by atoms with Gasteiger partial charge in [-0.25, -0.2) is 0 Å². The molecule has 0 spiro atoms. The lowest BCUT2D eigenvalue weighted by Gasteiger charge is -2.45. The minimum Gasteiger partial charge on any atom is -0.339 e. The molecule has 1 unspecified atom stereocenters.